The number of hydrogen-bond acceptors (Lipinski definition) is 3. The van der Waals surface area contributed by atoms with E-state index in [9.17, 15) is 4.79 Å². The SMILES string of the molecule is N[C@@H]1CC(=O)N(C2CCCCC2)[C@H]1c1cccnc1. The molecule has 1 aliphatic heterocycles. The summed E-state index contributed by atoms with van der Waals surface area (Å²) < 4.78 is 0. The van der Waals surface area contributed by atoms with Crippen LogP contribution in [0.2, 0.25) is 0 Å². The molecule has 102 valence electrons. The molecule has 19 heavy (non-hydrogen) atoms. The maximum atomic E-state index is 12.3. The van der Waals surface area contributed by atoms with Crippen molar-refractivity contribution in [3.8, 4) is 0 Å². The fourth-order valence-corrected chi connectivity index (χ4v) is 3.53. The number of hydrogen-bond donors (Lipinski definition) is 1. The van der Waals surface area contributed by atoms with E-state index in [2.05, 4.69) is 9.88 Å². The molecule has 1 amide bonds. The van der Waals surface area contributed by atoms with Crippen molar-refractivity contribution >= 4 is 5.91 Å². The number of rotatable bonds is 2. The molecule has 4 heteroatoms. The molecule has 1 aromatic rings. The maximum absolute atomic E-state index is 12.3. The molecule has 2 N–H and O–H groups in total. The van der Waals surface area contributed by atoms with Crippen LogP contribution in [0, 0.1) is 0 Å². The third-order valence-electron chi connectivity index (χ3n) is 4.40. The Bertz CT molecular complexity index is 442. The van der Waals surface area contributed by atoms with E-state index in [4.69, 9.17) is 5.73 Å². The van der Waals surface area contributed by atoms with E-state index in [-0.39, 0.29) is 18.0 Å². The molecule has 4 nitrogen and oxygen atoms in total. The summed E-state index contributed by atoms with van der Waals surface area (Å²) in [6.07, 6.45) is 10.1. The van der Waals surface area contributed by atoms with Gasteiger partial charge in [0.15, 0.2) is 0 Å². The number of aromatic nitrogens is 1. The van der Waals surface area contributed by atoms with Crippen LogP contribution < -0.4 is 5.73 Å². The van der Waals surface area contributed by atoms with E-state index in [1.54, 1.807) is 6.20 Å². The maximum Gasteiger partial charge on any atom is 0.225 e. The van der Waals surface area contributed by atoms with E-state index in [0.29, 0.717) is 12.5 Å². The van der Waals surface area contributed by atoms with Crippen LogP contribution in [0.3, 0.4) is 0 Å². The minimum atomic E-state index is -0.0985. The highest BCUT2D eigenvalue weighted by atomic mass is 16.2. The topological polar surface area (TPSA) is 59.2 Å². The van der Waals surface area contributed by atoms with Crippen molar-refractivity contribution in [1.82, 2.24) is 9.88 Å². The molecule has 2 fully saturated rings. The molecule has 3 rings (SSSR count). The minimum Gasteiger partial charge on any atom is -0.331 e. The zero-order valence-corrected chi connectivity index (χ0v) is 11.2. The largest absolute Gasteiger partial charge is 0.331 e. The Labute approximate surface area is 114 Å². The summed E-state index contributed by atoms with van der Waals surface area (Å²) in [5, 5.41) is 0. The van der Waals surface area contributed by atoms with Crippen LogP contribution in [0.25, 0.3) is 0 Å². The Morgan fingerprint density at radius 1 is 1.26 bits per heavy atom. The molecule has 0 unspecified atom stereocenters. The van der Waals surface area contributed by atoms with Gasteiger partial charge in [0, 0.05) is 30.9 Å². The van der Waals surface area contributed by atoms with Gasteiger partial charge in [-0.2, -0.15) is 0 Å². The molecule has 0 bridgehead atoms. The van der Waals surface area contributed by atoms with Crippen LogP contribution >= 0.6 is 0 Å². The monoisotopic (exact) mass is 259 g/mol. The second-order valence-corrected chi connectivity index (χ2v) is 5.69. The Morgan fingerprint density at radius 2 is 2.05 bits per heavy atom. The van der Waals surface area contributed by atoms with E-state index >= 15 is 0 Å². The molecule has 2 aliphatic rings. The number of nitrogens with two attached hydrogens (primary N) is 1. The van der Waals surface area contributed by atoms with Gasteiger partial charge in [-0.1, -0.05) is 25.3 Å². The normalized spacial score (nSPS) is 28.9. The average molecular weight is 259 g/mol. The molecule has 0 aromatic carbocycles. The molecule has 2 heterocycles. The number of carbonyl (C=O) groups excluding carboxylic acids is 1. The summed E-state index contributed by atoms with van der Waals surface area (Å²) >= 11 is 0. The molecule has 2 atom stereocenters. The van der Waals surface area contributed by atoms with Crippen molar-refractivity contribution < 1.29 is 4.79 Å². The first-order chi connectivity index (χ1) is 9.27. The van der Waals surface area contributed by atoms with Crippen molar-refractivity contribution in [1.29, 1.82) is 0 Å². The highest BCUT2D eigenvalue weighted by Gasteiger charge is 2.42. The van der Waals surface area contributed by atoms with E-state index in [1.165, 1.54) is 19.3 Å². The summed E-state index contributed by atoms with van der Waals surface area (Å²) in [5.74, 6) is 0.216. The lowest BCUT2D eigenvalue weighted by atomic mass is 9.92. The van der Waals surface area contributed by atoms with Crippen LogP contribution in [-0.2, 0) is 4.79 Å². The second kappa shape index (κ2) is 5.29. The van der Waals surface area contributed by atoms with Crippen molar-refractivity contribution in [3.63, 3.8) is 0 Å². The average Bonchev–Trinajstić information content (AvgIpc) is 2.75. The van der Waals surface area contributed by atoms with Gasteiger partial charge in [0.1, 0.15) is 0 Å². The minimum absolute atomic E-state index is 0.0179. The highest BCUT2D eigenvalue weighted by molar-refractivity contribution is 5.80. The number of pyridine rings is 1. The number of carbonyl (C=O) groups is 1. The molecule has 1 saturated carbocycles. The van der Waals surface area contributed by atoms with Gasteiger partial charge in [0.2, 0.25) is 5.91 Å². The van der Waals surface area contributed by atoms with Gasteiger partial charge >= 0.3 is 0 Å². The van der Waals surface area contributed by atoms with Crippen molar-refractivity contribution in [2.75, 3.05) is 0 Å². The zero-order valence-electron chi connectivity index (χ0n) is 11.2. The van der Waals surface area contributed by atoms with Crippen LogP contribution in [0.1, 0.15) is 50.1 Å². The predicted octanol–water partition coefficient (Wildman–Crippen LogP) is 2.01. The first kappa shape index (κ1) is 12.6. The van der Waals surface area contributed by atoms with Crippen molar-refractivity contribution in [2.24, 2.45) is 5.73 Å². The molecule has 0 radical (unpaired) electrons. The van der Waals surface area contributed by atoms with Crippen LogP contribution in [0.5, 0.6) is 0 Å². The smallest absolute Gasteiger partial charge is 0.225 e. The van der Waals surface area contributed by atoms with E-state index < -0.39 is 0 Å². The molecule has 0 spiro atoms. The van der Waals surface area contributed by atoms with E-state index in [1.807, 2.05) is 18.3 Å². The summed E-state index contributed by atoms with van der Waals surface area (Å²) in [6, 6.07) is 4.25. The highest BCUT2D eigenvalue weighted by Crippen LogP contribution is 2.37. The van der Waals surface area contributed by atoms with Crippen molar-refractivity contribution in [2.45, 2.75) is 56.7 Å². The Balaban J connectivity index is 1.88. The first-order valence-electron chi connectivity index (χ1n) is 7.24. The Morgan fingerprint density at radius 3 is 2.74 bits per heavy atom. The van der Waals surface area contributed by atoms with Gasteiger partial charge in [-0.05, 0) is 24.5 Å². The Kier molecular flexibility index (Phi) is 3.51. The summed E-state index contributed by atoms with van der Waals surface area (Å²) in [4.78, 5) is 18.5. The van der Waals surface area contributed by atoms with Crippen LogP contribution in [0.4, 0.5) is 0 Å². The third-order valence-corrected chi connectivity index (χ3v) is 4.40. The fourth-order valence-electron chi connectivity index (χ4n) is 3.53. The van der Waals surface area contributed by atoms with Gasteiger partial charge in [-0.3, -0.25) is 9.78 Å². The summed E-state index contributed by atoms with van der Waals surface area (Å²) in [6.45, 7) is 0. The van der Waals surface area contributed by atoms with Crippen molar-refractivity contribution in [3.05, 3.63) is 30.1 Å². The lowest BCUT2D eigenvalue weighted by Crippen LogP contribution is -2.41. The van der Waals surface area contributed by atoms with Crippen LogP contribution in [0.15, 0.2) is 24.5 Å². The molecule has 1 saturated heterocycles. The van der Waals surface area contributed by atoms with Gasteiger partial charge in [-0.15, -0.1) is 0 Å². The quantitative estimate of drug-likeness (QED) is 0.884. The molecule has 1 aliphatic carbocycles. The second-order valence-electron chi connectivity index (χ2n) is 5.69. The molecular formula is C15H21N3O. The standard InChI is InChI=1S/C15H21N3O/c16-13-9-14(19)18(12-6-2-1-3-7-12)15(13)11-5-4-8-17-10-11/h4-5,8,10,12-13,15H,1-3,6-7,9,16H2/t13-,15+/m1/s1. The third kappa shape index (κ3) is 2.37. The zero-order chi connectivity index (χ0) is 13.2. The summed E-state index contributed by atoms with van der Waals surface area (Å²) in [7, 11) is 0. The molecular weight excluding hydrogens is 238 g/mol. The number of nitrogens with zero attached hydrogens (tertiary/aromatic N) is 2. The Hall–Kier alpha value is -1.42. The van der Waals surface area contributed by atoms with Gasteiger partial charge in [-0.25, -0.2) is 0 Å². The van der Waals surface area contributed by atoms with Gasteiger partial charge in [0.25, 0.3) is 0 Å². The number of likely N-dealkylation sites (tertiary alicyclic amines) is 1. The number of amides is 1. The van der Waals surface area contributed by atoms with Gasteiger partial charge in [0.05, 0.1) is 6.04 Å². The lowest BCUT2D eigenvalue weighted by Gasteiger charge is -2.36. The van der Waals surface area contributed by atoms with Gasteiger partial charge < -0.3 is 10.6 Å². The molecule has 1 aromatic heterocycles. The summed E-state index contributed by atoms with van der Waals surface area (Å²) in [5.41, 5.74) is 7.28. The van der Waals surface area contributed by atoms with E-state index in [0.717, 1.165) is 18.4 Å². The van der Waals surface area contributed by atoms with Crippen LogP contribution in [-0.4, -0.2) is 27.9 Å². The lowest BCUT2D eigenvalue weighted by molar-refractivity contribution is -0.132. The first-order valence-corrected chi connectivity index (χ1v) is 7.24. The predicted molar refractivity (Wildman–Crippen MR) is 73.3 cm³/mol. The fraction of sp³-hybridized carbons (Fsp3) is 0.600.